The molecular formula is C12H13FN4. The van der Waals surface area contributed by atoms with E-state index in [4.69, 9.17) is 0 Å². The Morgan fingerprint density at radius 1 is 1.24 bits per heavy atom. The summed E-state index contributed by atoms with van der Waals surface area (Å²) < 4.78 is 14.9. The molecule has 5 heteroatoms. The summed E-state index contributed by atoms with van der Waals surface area (Å²) in [6.07, 6.45) is 0.702. The van der Waals surface area contributed by atoms with Crippen LogP contribution in [0, 0.1) is 5.82 Å². The Morgan fingerprint density at radius 3 is 2.88 bits per heavy atom. The molecule has 1 N–H and O–H groups in total. The standard InChI is InChI=1S/C12H13FN4/c13-10-3-1-9(2-4-10)7-11-15-16-12-8-14-5-6-17(11)12/h1-4,14H,5-8H2. The Morgan fingerprint density at radius 2 is 2.06 bits per heavy atom. The topological polar surface area (TPSA) is 42.7 Å². The van der Waals surface area contributed by atoms with Gasteiger partial charge in [-0.2, -0.15) is 0 Å². The van der Waals surface area contributed by atoms with E-state index in [9.17, 15) is 4.39 Å². The molecule has 0 unspecified atom stereocenters. The van der Waals surface area contributed by atoms with Crippen LogP contribution in [-0.4, -0.2) is 21.3 Å². The Kier molecular flexibility index (Phi) is 2.60. The van der Waals surface area contributed by atoms with Crippen molar-refractivity contribution in [2.24, 2.45) is 0 Å². The lowest BCUT2D eigenvalue weighted by Gasteiger charge is -2.15. The fourth-order valence-electron chi connectivity index (χ4n) is 2.07. The molecule has 0 atom stereocenters. The predicted molar refractivity (Wildman–Crippen MR) is 60.9 cm³/mol. The monoisotopic (exact) mass is 232 g/mol. The van der Waals surface area contributed by atoms with Gasteiger partial charge in [0.2, 0.25) is 0 Å². The minimum atomic E-state index is -0.207. The second kappa shape index (κ2) is 4.25. The van der Waals surface area contributed by atoms with Crippen molar-refractivity contribution in [3.05, 3.63) is 47.3 Å². The average Bonchev–Trinajstić information content (AvgIpc) is 2.76. The molecule has 88 valence electrons. The molecule has 1 aliphatic heterocycles. The summed E-state index contributed by atoms with van der Waals surface area (Å²) in [6, 6.07) is 6.53. The molecule has 2 aromatic rings. The van der Waals surface area contributed by atoms with E-state index in [-0.39, 0.29) is 5.82 Å². The third-order valence-corrected chi connectivity index (χ3v) is 2.97. The van der Waals surface area contributed by atoms with Crippen LogP contribution >= 0.6 is 0 Å². The first-order chi connectivity index (χ1) is 8.33. The van der Waals surface area contributed by atoms with Gasteiger partial charge in [0.15, 0.2) is 0 Å². The van der Waals surface area contributed by atoms with E-state index >= 15 is 0 Å². The molecule has 4 nitrogen and oxygen atoms in total. The van der Waals surface area contributed by atoms with E-state index in [0.717, 1.165) is 36.8 Å². The van der Waals surface area contributed by atoms with Crippen LogP contribution in [0.25, 0.3) is 0 Å². The number of hydrogen-bond donors (Lipinski definition) is 1. The third kappa shape index (κ3) is 2.06. The van der Waals surface area contributed by atoms with Gasteiger partial charge in [-0.15, -0.1) is 10.2 Å². The molecule has 0 fully saturated rings. The normalized spacial score (nSPS) is 14.6. The van der Waals surface area contributed by atoms with Gasteiger partial charge in [0.25, 0.3) is 0 Å². The Balaban J connectivity index is 1.85. The number of nitrogens with one attached hydrogen (secondary N) is 1. The smallest absolute Gasteiger partial charge is 0.147 e. The quantitative estimate of drug-likeness (QED) is 0.843. The third-order valence-electron chi connectivity index (χ3n) is 2.97. The zero-order valence-electron chi connectivity index (χ0n) is 9.36. The van der Waals surface area contributed by atoms with Crippen LogP contribution in [0.4, 0.5) is 4.39 Å². The van der Waals surface area contributed by atoms with Crippen LogP contribution in [0.3, 0.4) is 0 Å². The second-order valence-electron chi connectivity index (χ2n) is 4.16. The molecule has 0 aliphatic carbocycles. The van der Waals surface area contributed by atoms with E-state index in [1.807, 2.05) is 0 Å². The highest BCUT2D eigenvalue weighted by Gasteiger charge is 2.15. The highest BCUT2D eigenvalue weighted by Crippen LogP contribution is 2.12. The molecule has 2 heterocycles. The molecule has 0 saturated carbocycles. The van der Waals surface area contributed by atoms with Crippen molar-refractivity contribution in [2.45, 2.75) is 19.5 Å². The first-order valence-corrected chi connectivity index (χ1v) is 5.69. The zero-order chi connectivity index (χ0) is 11.7. The van der Waals surface area contributed by atoms with Crippen LogP contribution < -0.4 is 5.32 Å². The second-order valence-corrected chi connectivity index (χ2v) is 4.16. The van der Waals surface area contributed by atoms with Crippen LogP contribution in [-0.2, 0) is 19.5 Å². The molecule has 0 radical (unpaired) electrons. The van der Waals surface area contributed by atoms with Crippen LogP contribution in [0.15, 0.2) is 24.3 Å². The highest BCUT2D eigenvalue weighted by atomic mass is 19.1. The van der Waals surface area contributed by atoms with E-state index in [2.05, 4.69) is 20.1 Å². The molecule has 0 amide bonds. The van der Waals surface area contributed by atoms with Gasteiger partial charge >= 0.3 is 0 Å². The lowest BCUT2D eigenvalue weighted by atomic mass is 10.1. The summed E-state index contributed by atoms with van der Waals surface area (Å²) in [5.74, 6) is 1.72. The predicted octanol–water partition coefficient (Wildman–Crippen LogP) is 1.11. The summed E-state index contributed by atoms with van der Waals surface area (Å²) in [5, 5.41) is 11.6. The lowest BCUT2D eigenvalue weighted by molar-refractivity contribution is 0.495. The van der Waals surface area contributed by atoms with Gasteiger partial charge < -0.3 is 9.88 Å². The van der Waals surface area contributed by atoms with Crippen LogP contribution in [0.5, 0.6) is 0 Å². The molecule has 0 bridgehead atoms. The number of benzene rings is 1. The van der Waals surface area contributed by atoms with E-state index < -0.39 is 0 Å². The maximum Gasteiger partial charge on any atom is 0.147 e. The fraction of sp³-hybridized carbons (Fsp3) is 0.333. The summed E-state index contributed by atoms with van der Waals surface area (Å²) >= 11 is 0. The summed E-state index contributed by atoms with van der Waals surface area (Å²) in [6.45, 7) is 2.62. The van der Waals surface area contributed by atoms with Crippen molar-refractivity contribution in [2.75, 3.05) is 6.54 Å². The van der Waals surface area contributed by atoms with Crippen molar-refractivity contribution < 1.29 is 4.39 Å². The number of aromatic nitrogens is 3. The first-order valence-electron chi connectivity index (χ1n) is 5.69. The molecule has 17 heavy (non-hydrogen) atoms. The largest absolute Gasteiger partial charge is 0.312 e. The van der Waals surface area contributed by atoms with Gasteiger partial charge in [-0.3, -0.25) is 0 Å². The minimum absolute atomic E-state index is 0.207. The molecule has 0 saturated heterocycles. The van der Waals surface area contributed by atoms with Gasteiger partial charge in [-0.25, -0.2) is 4.39 Å². The zero-order valence-corrected chi connectivity index (χ0v) is 9.36. The van der Waals surface area contributed by atoms with E-state index in [1.165, 1.54) is 12.1 Å². The van der Waals surface area contributed by atoms with Crippen LogP contribution in [0.1, 0.15) is 17.2 Å². The van der Waals surface area contributed by atoms with Gasteiger partial charge in [0, 0.05) is 19.5 Å². The SMILES string of the molecule is Fc1ccc(Cc2nnc3n2CCNC3)cc1. The molecule has 1 aromatic heterocycles. The number of fused-ring (bicyclic) bond motifs is 1. The van der Waals surface area contributed by atoms with Gasteiger partial charge in [-0.1, -0.05) is 12.1 Å². The molecule has 0 spiro atoms. The number of rotatable bonds is 2. The molecular weight excluding hydrogens is 219 g/mol. The fourth-order valence-corrected chi connectivity index (χ4v) is 2.07. The van der Waals surface area contributed by atoms with Crippen molar-refractivity contribution >= 4 is 0 Å². The van der Waals surface area contributed by atoms with Crippen LogP contribution in [0.2, 0.25) is 0 Å². The summed E-state index contributed by atoms with van der Waals surface area (Å²) in [5.41, 5.74) is 1.06. The van der Waals surface area contributed by atoms with Crippen molar-refractivity contribution in [3.8, 4) is 0 Å². The minimum Gasteiger partial charge on any atom is -0.312 e. The average molecular weight is 232 g/mol. The first kappa shape index (κ1) is 10.4. The number of halogens is 1. The molecule has 3 rings (SSSR count). The maximum atomic E-state index is 12.8. The van der Waals surface area contributed by atoms with Gasteiger partial charge in [-0.05, 0) is 17.7 Å². The lowest BCUT2D eigenvalue weighted by Crippen LogP contribution is -2.29. The molecule has 1 aliphatic rings. The van der Waals surface area contributed by atoms with E-state index in [0.29, 0.717) is 6.42 Å². The number of nitrogens with zero attached hydrogens (tertiary/aromatic N) is 3. The Labute approximate surface area is 98.5 Å². The van der Waals surface area contributed by atoms with Gasteiger partial charge in [0.05, 0.1) is 6.54 Å². The Hall–Kier alpha value is -1.75. The summed E-state index contributed by atoms with van der Waals surface area (Å²) in [7, 11) is 0. The van der Waals surface area contributed by atoms with Crippen molar-refractivity contribution in [1.29, 1.82) is 0 Å². The van der Waals surface area contributed by atoms with E-state index in [1.54, 1.807) is 12.1 Å². The maximum absolute atomic E-state index is 12.8. The van der Waals surface area contributed by atoms with Crippen molar-refractivity contribution in [1.82, 2.24) is 20.1 Å². The van der Waals surface area contributed by atoms with Gasteiger partial charge in [0.1, 0.15) is 17.5 Å². The highest BCUT2D eigenvalue weighted by molar-refractivity contribution is 5.20. The number of hydrogen-bond acceptors (Lipinski definition) is 3. The summed E-state index contributed by atoms with van der Waals surface area (Å²) in [4.78, 5) is 0. The molecule has 1 aromatic carbocycles. The van der Waals surface area contributed by atoms with Crippen molar-refractivity contribution in [3.63, 3.8) is 0 Å². The Bertz CT molecular complexity index is 518.